The second-order valence-electron chi connectivity index (χ2n) is 9.59. The van der Waals surface area contributed by atoms with Gasteiger partial charge in [0.15, 0.2) is 0 Å². The predicted octanol–water partition coefficient (Wildman–Crippen LogP) is 4.40. The number of likely N-dealkylation sites (tertiary alicyclic amines) is 1. The number of anilines is 1. The summed E-state index contributed by atoms with van der Waals surface area (Å²) < 4.78 is 97.6. The van der Waals surface area contributed by atoms with E-state index in [0.29, 0.717) is 0 Å². The van der Waals surface area contributed by atoms with Gasteiger partial charge < -0.3 is 14.6 Å². The molecule has 5 rings (SSSR count). The molecule has 226 valence electrons. The minimum atomic E-state index is -4.81. The molecule has 0 saturated carbocycles. The van der Waals surface area contributed by atoms with Gasteiger partial charge in [0.1, 0.15) is 23.0 Å². The Kier molecular flexibility index (Phi) is 7.80. The number of sulfone groups is 1. The van der Waals surface area contributed by atoms with Crippen LogP contribution in [0, 0.1) is 18.6 Å². The van der Waals surface area contributed by atoms with Crippen molar-refractivity contribution in [2.45, 2.75) is 37.0 Å². The molecule has 0 radical (unpaired) electrons. The minimum absolute atomic E-state index is 0.111. The molecule has 2 amide bonds. The number of hydrogen-bond acceptors (Lipinski definition) is 10. The van der Waals surface area contributed by atoms with E-state index in [2.05, 4.69) is 35.5 Å². The second kappa shape index (κ2) is 11.2. The van der Waals surface area contributed by atoms with Gasteiger partial charge >= 0.3 is 12.2 Å². The highest BCUT2D eigenvalue weighted by molar-refractivity contribution is 7.90. The summed E-state index contributed by atoms with van der Waals surface area (Å²) >= 11 is 0. The summed E-state index contributed by atoms with van der Waals surface area (Å²) in [7, 11) is -3.87. The number of hydrogen-bond donors (Lipinski definition) is 1. The van der Waals surface area contributed by atoms with E-state index < -0.39 is 56.3 Å². The number of aromatic nitrogens is 6. The number of carbonyl (C=O) groups excluding carboxylic acids is 1. The van der Waals surface area contributed by atoms with E-state index in [1.54, 1.807) is 0 Å². The van der Waals surface area contributed by atoms with E-state index in [-0.39, 0.29) is 60.4 Å². The molecule has 4 heterocycles. The average molecular weight is 625 g/mol. The molecule has 0 unspecified atom stereocenters. The van der Waals surface area contributed by atoms with Crippen LogP contribution < -0.4 is 5.32 Å². The first-order valence-corrected chi connectivity index (χ1v) is 14.4. The third kappa shape index (κ3) is 6.27. The van der Waals surface area contributed by atoms with Crippen molar-refractivity contribution in [3.05, 3.63) is 59.3 Å². The fourth-order valence-corrected chi connectivity index (χ4v) is 5.06. The van der Waals surface area contributed by atoms with Gasteiger partial charge in [0.25, 0.3) is 11.8 Å². The highest BCUT2D eigenvalue weighted by atomic mass is 32.2. The Hall–Kier alpha value is -4.61. The lowest BCUT2D eigenvalue weighted by atomic mass is 9.90. The summed E-state index contributed by atoms with van der Waals surface area (Å²) in [5, 5.41) is 9.50. The molecule has 0 aliphatic carbocycles. The highest BCUT2D eigenvalue weighted by Gasteiger charge is 2.36. The monoisotopic (exact) mass is 624 g/mol. The summed E-state index contributed by atoms with van der Waals surface area (Å²) in [5.41, 5.74) is -0.344. The van der Waals surface area contributed by atoms with Gasteiger partial charge in [-0.15, -0.1) is 10.2 Å². The quantitative estimate of drug-likeness (QED) is 0.249. The van der Waals surface area contributed by atoms with Crippen LogP contribution >= 0.6 is 0 Å². The Balaban J connectivity index is 1.44. The van der Waals surface area contributed by atoms with E-state index >= 15 is 0 Å². The van der Waals surface area contributed by atoms with Crippen LogP contribution in [0.2, 0.25) is 0 Å². The van der Waals surface area contributed by atoms with E-state index in [1.165, 1.54) is 11.8 Å². The molecule has 3 aromatic heterocycles. The van der Waals surface area contributed by atoms with Crippen LogP contribution in [0.1, 0.15) is 36.0 Å². The molecular weight excluding hydrogens is 603 g/mol. The zero-order valence-electron chi connectivity index (χ0n) is 22.4. The molecule has 1 aromatic carbocycles. The Bertz CT molecular complexity index is 1790. The van der Waals surface area contributed by atoms with Crippen LogP contribution in [0.15, 0.2) is 40.0 Å². The zero-order valence-corrected chi connectivity index (χ0v) is 23.2. The normalized spacial score (nSPS) is 14.6. The van der Waals surface area contributed by atoms with Crippen molar-refractivity contribution in [3.8, 4) is 23.0 Å². The van der Waals surface area contributed by atoms with Gasteiger partial charge in [0, 0.05) is 31.5 Å². The van der Waals surface area contributed by atoms with Crippen LogP contribution in [0.4, 0.5) is 32.4 Å². The number of nitrogens with one attached hydrogen (secondary N) is 1. The van der Waals surface area contributed by atoms with Crippen LogP contribution in [0.25, 0.3) is 23.0 Å². The Morgan fingerprint density at radius 2 is 1.67 bits per heavy atom. The highest BCUT2D eigenvalue weighted by Crippen LogP contribution is 2.37. The number of halogens is 5. The molecule has 4 aromatic rings. The standard InChI is InChI=1S/C25H21F5N8O4S/c1-12-17(21-37-36-20(42-21)16-6-9-31-22(33-16)25(28,29)30)18(34-23(32-12)43(2,40)41)13-7-10-38(11-8-13)24(39)35-19-14(26)4-3-5-15(19)27/h3-6,9,13H,7-8,10-11H2,1-2H3,(H,35,39). The molecule has 12 nitrogen and oxygen atoms in total. The number of piperidine rings is 1. The molecule has 1 fully saturated rings. The van der Waals surface area contributed by atoms with E-state index in [9.17, 15) is 35.2 Å². The Labute approximate surface area is 240 Å². The van der Waals surface area contributed by atoms with E-state index in [4.69, 9.17) is 4.42 Å². The van der Waals surface area contributed by atoms with E-state index in [0.717, 1.165) is 36.7 Å². The van der Waals surface area contributed by atoms with Crippen molar-refractivity contribution < 1.29 is 39.6 Å². The Morgan fingerprint density at radius 3 is 2.30 bits per heavy atom. The lowest BCUT2D eigenvalue weighted by molar-refractivity contribution is -0.144. The molecule has 1 aliphatic heterocycles. The molecule has 1 aliphatic rings. The average Bonchev–Trinajstić information content (AvgIpc) is 3.44. The van der Waals surface area contributed by atoms with Crippen LogP contribution in [0.5, 0.6) is 0 Å². The number of alkyl halides is 3. The van der Waals surface area contributed by atoms with Gasteiger partial charge in [-0.2, -0.15) is 13.2 Å². The molecule has 0 bridgehead atoms. The van der Waals surface area contributed by atoms with Gasteiger partial charge in [-0.25, -0.2) is 41.9 Å². The van der Waals surface area contributed by atoms with Crippen LogP contribution in [0.3, 0.4) is 0 Å². The topological polar surface area (TPSA) is 157 Å². The summed E-state index contributed by atoms with van der Waals surface area (Å²) in [6.45, 7) is 1.70. The summed E-state index contributed by atoms with van der Waals surface area (Å²) in [4.78, 5) is 29.0. The summed E-state index contributed by atoms with van der Waals surface area (Å²) in [6.07, 6.45) is -2.49. The first-order valence-electron chi connectivity index (χ1n) is 12.6. The fraction of sp³-hybridized carbons (Fsp3) is 0.320. The number of urea groups is 1. The smallest absolute Gasteiger partial charge is 0.414 e. The van der Waals surface area contributed by atoms with Gasteiger partial charge in [0.05, 0.1) is 17.0 Å². The van der Waals surface area contributed by atoms with Crippen molar-refractivity contribution in [3.63, 3.8) is 0 Å². The molecular formula is C25H21F5N8O4S. The molecule has 18 heteroatoms. The molecule has 43 heavy (non-hydrogen) atoms. The SMILES string of the molecule is Cc1nc(S(C)(=O)=O)nc(C2CCN(C(=O)Nc3c(F)cccc3F)CC2)c1-c1nnc(-c2ccnc(C(F)(F)F)n2)o1. The molecule has 1 saturated heterocycles. The number of aryl methyl sites for hydroxylation is 1. The maximum Gasteiger partial charge on any atom is 0.451 e. The predicted molar refractivity (Wildman–Crippen MR) is 138 cm³/mol. The molecule has 1 N–H and O–H groups in total. The van der Waals surface area contributed by atoms with Gasteiger partial charge in [0.2, 0.25) is 20.8 Å². The largest absolute Gasteiger partial charge is 0.451 e. The number of benzene rings is 1. The maximum absolute atomic E-state index is 14.0. The third-order valence-corrected chi connectivity index (χ3v) is 7.41. The second-order valence-corrected chi connectivity index (χ2v) is 11.5. The summed E-state index contributed by atoms with van der Waals surface area (Å²) in [5.74, 6) is -4.28. The first-order chi connectivity index (χ1) is 20.2. The Morgan fingerprint density at radius 1 is 1.02 bits per heavy atom. The minimum Gasteiger partial charge on any atom is -0.414 e. The molecule has 0 spiro atoms. The molecule has 0 atom stereocenters. The third-order valence-electron chi connectivity index (χ3n) is 6.56. The van der Waals surface area contributed by atoms with Crippen molar-refractivity contribution in [2.24, 2.45) is 0 Å². The number of rotatable bonds is 5. The number of nitrogens with zero attached hydrogens (tertiary/aromatic N) is 7. The van der Waals surface area contributed by atoms with E-state index in [1.807, 2.05) is 0 Å². The fourth-order valence-electron chi connectivity index (χ4n) is 4.50. The lowest BCUT2D eigenvalue weighted by Gasteiger charge is -2.32. The van der Waals surface area contributed by atoms with Gasteiger partial charge in [-0.3, -0.25) is 0 Å². The number of carbonyl (C=O) groups is 1. The van der Waals surface area contributed by atoms with Crippen molar-refractivity contribution in [1.29, 1.82) is 0 Å². The number of amides is 2. The number of para-hydroxylation sites is 1. The zero-order chi connectivity index (χ0) is 31.1. The first kappa shape index (κ1) is 29.9. The van der Waals surface area contributed by atoms with Crippen LogP contribution in [-0.2, 0) is 16.0 Å². The summed E-state index contributed by atoms with van der Waals surface area (Å²) in [6, 6.07) is 3.59. The van der Waals surface area contributed by atoms with Crippen molar-refractivity contribution in [2.75, 3.05) is 24.7 Å². The van der Waals surface area contributed by atoms with Gasteiger partial charge in [-0.1, -0.05) is 6.07 Å². The van der Waals surface area contributed by atoms with Crippen molar-refractivity contribution >= 4 is 21.6 Å². The maximum atomic E-state index is 14.0. The van der Waals surface area contributed by atoms with Gasteiger partial charge in [-0.05, 0) is 38.0 Å². The van der Waals surface area contributed by atoms with Crippen LogP contribution in [-0.4, -0.2) is 68.8 Å². The van der Waals surface area contributed by atoms with Crippen molar-refractivity contribution in [1.82, 2.24) is 35.0 Å². The lowest BCUT2D eigenvalue weighted by Crippen LogP contribution is -2.41.